The molecule has 0 fully saturated rings. The summed E-state index contributed by atoms with van der Waals surface area (Å²) in [5.41, 5.74) is 3.19. The van der Waals surface area contributed by atoms with Crippen LogP contribution in [0.4, 0.5) is 4.39 Å². The number of hydrogen-bond donors (Lipinski definition) is 1. The number of fused-ring (bicyclic) bond motifs is 1. The van der Waals surface area contributed by atoms with Crippen LogP contribution in [0.3, 0.4) is 0 Å². The molecule has 2 heterocycles. The van der Waals surface area contributed by atoms with Crippen LogP contribution in [0.25, 0.3) is 22.6 Å². The number of carbonyl (C=O) groups excluding carboxylic acids is 1. The number of hydrogen-bond acceptors (Lipinski definition) is 4. The second kappa shape index (κ2) is 7.60. The molecule has 28 heavy (non-hydrogen) atoms. The summed E-state index contributed by atoms with van der Waals surface area (Å²) in [6.45, 7) is 1.95. The highest BCUT2D eigenvalue weighted by Crippen LogP contribution is 2.25. The van der Waals surface area contributed by atoms with Gasteiger partial charge in [-0.25, -0.2) is 9.37 Å². The van der Waals surface area contributed by atoms with Gasteiger partial charge in [0.2, 0.25) is 5.89 Å². The summed E-state index contributed by atoms with van der Waals surface area (Å²) in [6, 6.07) is 14.9. The molecule has 4 rings (SSSR count). The normalized spacial score (nSPS) is 12.1. The molecule has 0 aliphatic carbocycles. The molecule has 5 nitrogen and oxygen atoms in total. The Kier molecular flexibility index (Phi) is 4.85. The third-order valence-electron chi connectivity index (χ3n) is 4.36. The average Bonchev–Trinajstić information content (AvgIpc) is 3.12. The molecule has 0 saturated carbocycles. The molecule has 0 spiro atoms. The Morgan fingerprint density at radius 2 is 2.07 bits per heavy atom. The number of nitrogens with one attached hydrogen (secondary N) is 1. The van der Waals surface area contributed by atoms with Crippen LogP contribution in [-0.2, 0) is 6.42 Å². The quantitative estimate of drug-likeness (QED) is 0.562. The lowest BCUT2D eigenvalue weighted by Crippen LogP contribution is -2.34. The largest absolute Gasteiger partial charge is 0.436 e. The van der Waals surface area contributed by atoms with Crippen molar-refractivity contribution >= 4 is 17.0 Å². The van der Waals surface area contributed by atoms with E-state index in [4.69, 9.17) is 4.42 Å². The fourth-order valence-electron chi connectivity index (χ4n) is 3.04. The number of benzene rings is 2. The maximum atomic E-state index is 13.4. The van der Waals surface area contributed by atoms with Gasteiger partial charge in [-0.15, -0.1) is 0 Å². The van der Waals surface area contributed by atoms with E-state index in [1.165, 1.54) is 12.1 Å². The SMILES string of the molecule is C[C@H](Cc1cccnc1)NC(=O)c1ccc2oc(-c3cccc(F)c3)nc2c1. The molecule has 1 atom stereocenters. The molecule has 0 aliphatic rings. The number of aromatic nitrogens is 2. The molecule has 2 aromatic heterocycles. The number of amides is 1. The summed E-state index contributed by atoms with van der Waals surface area (Å²) < 4.78 is 19.1. The van der Waals surface area contributed by atoms with E-state index in [1.54, 1.807) is 42.7 Å². The van der Waals surface area contributed by atoms with Crippen LogP contribution < -0.4 is 5.32 Å². The zero-order chi connectivity index (χ0) is 19.5. The highest BCUT2D eigenvalue weighted by Gasteiger charge is 2.14. The van der Waals surface area contributed by atoms with E-state index >= 15 is 0 Å². The Balaban J connectivity index is 1.51. The Morgan fingerprint density at radius 3 is 2.86 bits per heavy atom. The molecule has 0 radical (unpaired) electrons. The van der Waals surface area contributed by atoms with Gasteiger partial charge < -0.3 is 9.73 Å². The summed E-state index contributed by atoms with van der Waals surface area (Å²) in [6.07, 6.45) is 4.20. The number of carbonyl (C=O) groups is 1. The maximum absolute atomic E-state index is 13.4. The van der Waals surface area contributed by atoms with Crippen LogP contribution in [-0.4, -0.2) is 21.9 Å². The first-order chi connectivity index (χ1) is 13.6. The fraction of sp³-hybridized carbons (Fsp3) is 0.136. The third kappa shape index (κ3) is 3.91. The zero-order valence-electron chi connectivity index (χ0n) is 15.2. The van der Waals surface area contributed by atoms with E-state index in [9.17, 15) is 9.18 Å². The maximum Gasteiger partial charge on any atom is 0.251 e. The lowest BCUT2D eigenvalue weighted by Gasteiger charge is -2.13. The van der Waals surface area contributed by atoms with Crippen LogP contribution in [0.5, 0.6) is 0 Å². The summed E-state index contributed by atoms with van der Waals surface area (Å²) in [5, 5.41) is 2.98. The standard InChI is InChI=1S/C22H18FN3O2/c1-14(10-15-4-3-9-24-13-15)25-21(27)16-7-8-20-19(12-16)26-22(28-20)17-5-2-6-18(23)11-17/h2-9,11-14H,10H2,1H3,(H,25,27)/t14-/m1/s1. The Morgan fingerprint density at radius 1 is 1.18 bits per heavy atom. The summed E-state index contributed by atoms with van der Waals surface area (Å²) in [4.78, 5) is 21.1. The molecule has 0 aliphatic heterocycles. The van der Waals surface area contributed by atoms with E-state index in [-0.39, 0.29) is 17.8 Å². The molecular formula is C22H18FN3O2. The van der Waals surface area contributed by atoms with Gasteiger partial charge in [0.15, 0.2) is 5.58 Å². The minimum atomic E-state index is -0.359. The van der Waals surface area contributed by atoms with Crippen molar-refractivity contribution in [2.75, 3.05) is 0 Å². The third-order valence-corrected chi connectivity index (χ3v) is 4.36. The van der Waals surface area contributed by atoms with Crippen LogP contribution >= 0.6 is 0 Å². The average molecular weight is 375 g/mol. The molecule has 6 heteroatoms. The van der Waals surface area contributed by atoms with Crippen molar-refractivity contribution in [2.45, 2.75) is 19.4 Å². The highest BCUT2D eigenvalue weighted by molar-refractivity contribution is 5.97. The van der Waals surface area contributed by atoms with Crippen LogP contribution in [0.1, 0.15) is 22.8 Å². The molecule has 1 N–H and O–H groups in total. The number of rotatable bonds is 5. The van der Waals surface area contributed by atoms with Crippen molar-refractivity contribution in [1.29, 1.82) is 0 Å². The fourth-order valence-corrected chi connectivity index (χ4v) is 3.04. The van der Waals surface area contributed by atoms with Crippen molar-refractivity contribution in [3.63, 3.8) is 0 Å². The van der Waals surface area contributed by atoms with E-state index in [1.807, 2.05) is 19.1 Å². The zero-order valence-corrected chi connectivity index (χ0v) is 15.2. The predicted octanol–water partition coefficient (Wildman–Crippen LogP) is 4.39. The van der Waals surface area contributed by atoms with Gasteiger partial charge in [0.05, 0.1) is 0 Å². The van der Waals surface area contributed by atoms with Crippen molar-refractivity contribution in [1.82, 2.24) is 15.3 Å². The molecule has 140 valence electrons. The van der Waals surface area contributed by atoms with Gasteiger partial charge in [0, 0.05) is 29.6 Å². The van der Waals surface area contributed by atoms with Crippen molar-refractivity contribution in [3.05, 3.63) is 83.9 Å². The molecular weight excluding hydrogens is 357 g/mol. The Bertz CT molecular complexity index is 1130. The summed E-state index contributed by atoms with van der Waals surface area (Å²) in [7, 11) is 0. The lowest BCUT2D eigenvalue weighted by atomic mass is 10.1. The van der Waals surface area contributed by atoms with Crippen LogP contribution in [0, 0.1) is 5.82 Å². The first-order valence-electron chi connectivity index (χ1n) is 8.95. The van der Waals surface area contributed by atoms with Gasteiger partial charge in [-0.05, 0) is 61.4 Å². The van der Waals surface area contributed by atoms with Gasteiger partial charge in [-0.3, -0.25) is 9.78 Å². The van der Waals surface area contributed by atoms with Gasteiger partial charge in [0.1, 0.15) is 11.3 Å². The molecule has 2 aromatic carbocycles. The van der Waals surface area contributed by atoms with Gasteiger partial charge in [-0.1, -0.05) is 12.1 Å². The molecule has 4 aromatic rings. The Labute approximate surface area is 161 Å². The minimum absolute atomic E-state index is 0.0486. The summed E-state index contributed by atoms with van der Waals surface area (Å²) >= 11 is 0. The minimum Gasteiger partial charge on any atom is -0.436 e. The molecule has 0 saturated heterocycles. The van der Waals surface area contributed by atoms with Gasteiger partial charge in [0.25, 0.3) is 5.91 Å². The van der Waals surface area contributed by atoms with Crippen molar-refractivity contribution in [3.8, 4) is 11.5 Å². The molecule has 1 amide bonds. The number of halogens is 1. The Hall–Kier alpha value is -3.54. The lowest BCUT2D eigenvalue weighted by molar-refractivity contribution is 0.0940. The monoisotopic (exact) mass is 375 g/mol. The van der Waals surface area contributed by atoms with E-state index in [2.05, 4.69) is 15.3 Å². The first-order valence-corrected chi connectivity index (χ1v) is 8.95. The van der Waals surface area contributed by atoms with Crippen molar-refractivity contribution in [2.24, 2.45) is 0 Å². The van der Waals surface area contributed by atoms with Crippen LogP contribution in [0.2, 0.25) is 0 Å². The smallest absolute Gasteiger partial charge is 0.251 e. The first kappa shape index (κ1) is 17.9. The van der Waals surface area contributed by atoms with E-state index < -0.39 is 0 Å². The highest BCUT2D eigenvalue weighted by atomic mass is 19.1. The second-order valence-corrected chi connectivity index (χ2v) is 6.65. The molecule has 0 bridgehead atoms. The second-order valence-electron chi connectivity index (χ2n) is 6.65. The van der Waals surface area contributed by atoms with Crippen LogP contribution in [0.15, 0.2) is 71.4 Å². The summed E-state index contributed by atoms with van der Waals surface area (Å²) in [5.74, 6) is -0.229. The number of pyridine rings is 1. The van der Waals surface area contributed by atoms with Crippen molar-refractivity contribution < 1.29 is 13.6 Å². The van der Waals surface area contributed by atoms with Gasteiger partial charge in [-0.2, -0.15) is 0 Å². The number of oxazole rings is 1. The topological polar surface area (TPSA) is 68.0 Å². The predicted molar refractivity (Wildman–Crippen MR) is 104 cm³/mol. The van der Waals surface area contributed by atoms with E-state index in [0.29, 0.717) is 34.5 Å². The van der Waals surface area contributed by atoms with Gasteiger partial charge >= 0.3 is 0 Å². The van der Waals surface area contributed by atoms with E-state index in [0.717, 1.165) is 5.56 Å². The number of nitrogens with zero attached hydrogens (tertiary/aromatic N) is 2. The molecule has 0 unspecified atom stereocenters.